The van der Waals surface area contributed by atoms with Crippen molar-refractivity contribution >= 4 is 52.3 Å². The van der Waals surface area contributed by atoms with E-state index >= 15 is 0 Å². The van der Waals surface area contributed by atoms with E-state index in [2.05, 4.69) is 15.3 Å². The SMILES string of the molecule is Cc1ccc(Nc2c(C(=O)N3CCCC3)cnc3nc(C)ccc23)c(Cl)c1.Cl. The predicted molar refractivity (Wildman–Crippen MR) is 116 cm³/mol. The highest BCUT2D eigenvalue weighted by molar-refractivity contribution is 6.33. The topological polar surface area (TPSA) is 58.1 Å². The first kappa shape index (κ1) is 20.4. The van der Waals surface area contributed by atoms with Crippen LogP contribution in [0.15, 0.2) is 36.5 Å². The van der Waals surface area contributed by atoms with Crippen molar-refractivity contribution < 1.29 is 4.79 Å². The molecule has 7 heteroatoms. The fourth-order valence-corrected chi connectivity index (χ4v) is 3.70. The van der Waals surface area contributed by atoms with Gasteiger partial charge < -0.3 is 10.2 Å². The van der Waals surface area contributed by atoms with Gasteiger partial charge in [-0.15, -0.1) is 12.4 Å². The Bertz CT molecular complexity index is 1030. The van der Waals surface area contributed by atoms with Crippen LogP contribution in [0.25, 0.3) is 11.0 Å². The number of likely N-dealkylation sites (tertiary alicyclic amines) is 1. The number of nitrogens with zero attached hydrogens (tertiary/aromatic N) is 3. The van der Waals surface area contributed by atoms with E-state index in [9.17, 15) is 4.79 Å². The van der Waals surface area contributed by atoms with E-state index in [0.717, 1.165) is 48.3 Å². The lowest BCUT2D eigenvalue weighted by Crippen LogP contribution is -2.28. The van der Waals surface area contributed by atoms with Crippen molar-refractivity contribution in [1.29, 1.82) is 0 Å². The van der Waals surface area contributed by atoms with Crippen LogP contribution in [0.4, 0.5) is 11.4 Å². The average molecular weight is 417 g/mol. The monoisotopic (exact) mass is 416 g/mol. The van der Waals surface area contributed by atoms with Crippen LogP contribution in [0.1, 0.15) is 34.5 Å². The molecular formula is C21H22Cl2N4O. The zero-order valence-electron chi connectivity index (χ0n) is 15.8. The normalized spacial score (nSPS) is 13.5. The van der Waals surface area contributed by atoms with Gasteiger partial charge in [-0.05, 0) is 56.5 Å². The molecule has 0 radical (unpaired) electrons. The van der Waals surface area contributed by atoms with Gasteiger partial charge in [-0.3, -0.25) is 4.79 Å². The van der Waals surface area contributed by atoms with Crippen LogP contribution >= 0.6 is 24.0 Å². The molecule has 0 unspecified atom stereocenters. The summed E-state index contributed by atoms with van der Waals surface area (Å²) in [6, 6.07) is 9.70. The molecule has 0 saturated carbocycles. The van der Waals surface area contributed by atoms with E-state index in [-0.39, 0.29) is 18.3 Å². The maximum absolute atomic E-state index is 13.1. The average Bonchev–Trinajstić information content (AvgIpc) is 3.18. The van der Waals surface area contributed by atoms with Crippen molar-refractivity contribution in [3.63, 3.8) is 0 Å². The Morgan fingerprint density at radius 1 is 1.14 bits per heavy atom. The summed E-state index contributed by atoms with van der Waals surface area (Å²) in [7, 11) is 0. The number of benzene rings is 1. The summed E-state index contributed by atoms with van der Waals surface area (Å²) in [4.78, 5) is 23.9. The van der Waals surface area contributed by atoms with Gasteiger partial charge in [0.1, 0.15) is 0 Å². The predicted octanol–water partition coefficient (Wildman–Crippen LogP) is 5.30. The molecule has 1 amide bonds. The molecule has 28 heavy (non-hydrogen) atoms. The van der Waals surface area contributed by atoms with E-state index < -0.39 is 0 Å². The lowest BCUT2D eigenvalue weighted by molar-refractivity contribution is 0.0793. The van der Waals surface area contributed by atoms with Crippen LogP contribution in [0.5, 0.6) is 0 Å². The minimum atomic E-state index is -0.00629. The lowest BCUT2D eigenvalue weighted by Gasteiger charge is -2.20. The minimum absolute atomic E-state index is 0. The Labute approximate surface area is 175 Å². The van der Waals surface area contributed by atoms with Gasteiger partial charge in [0.15, 0.2) is 5.65 Å². The zero-order chi connectivity index (χ0) is 19.0. The number of amides is 1. The van der Waals surface area contributed by atoms with Gasteiger partial charge in [0.05, 0.1) is 22.0 Å². The number of aryl methyl sites for hydroxylation is 2. The van der Waals surface area contributed by atoms with E-state index in [4.69, 9.17) is 11.6 Å². The van der Waals surface area contributed by atoms with Gasteiger partial charge in [-0.2, -0.15) is 0 Å². The molecule has 3 aromatic rings. The van der Waals surface area contributed by atoms with Crippen LogP contribution in [0, 0.1) is 13.8 Å². The Morgan fingerprint density at radius 2 is 1.89 bits per heavy atom. The van der Waals surface area contributed by atoms with E-state index in [1.807, 2.05) is 49.1 Å². The second-order valence-corrected chi connectivity index (χ2v) is 7.39. The molecule has 1 N–H and O–H groups in total. The van der Waals surface area contributed by atoms with E-state index in [1.54, 1.807) is 6.20 Å². The van der Waals surface area contributed by atoms with Crippen LogP contribution < -0.4 is 5.32 Å². The third kappa shape index (κ3) is 3.91. The first-order valence-electron chi connectivity index (χ1n) is 9.12. The molecule has 1 aliphatic heterocycles. The van der Waals surface area contributed by atoms with Gasteiger partial charge in [-0.1, -0.05) is 17.7 Å². The Hall–Kier alpha value is -2.37. The summed E-state index contributed by atoms with van der Waals surface area (Å²) in [5, 5.41) is 4.79. The first-order valence-corrected chi connectivity index (χ1v) is 9.49. The smallest absolute Gasteiger partial charge is 0.257 e. The quantitative estimate of drug-likeness (QED) is 0.628. The summed E-state index contributed by atoms with van der Waals surface area (Å²) in [6.07, 6.45) is 3.71. The van der Waals surface area contributed by atoms with Crippen molar-refractivity contribution in [2.24, 2.45) is 0 Å². The van der Waals surface area contributed by atoms with Crippen molar-refractivity contribution in [1.82, 2.24) is 14.9 Å². The molecule has 0 bridgehead atoms. The molecule has 1 aliphatic rings. The second kappa shape index (κ2) is 8.33. The lowest BCUT2D eigenvalue weighted by atomic mass is 10.1. The maximum atomic E-state index is 13.1. The zero-order valence-corrected chi connectivity index (χ0v) is 17.4. The Balaban J connectivity index is 0.00000225. The van der Waals surface area contributed by atoms with Gasteiger partial charge in [0.25, 0.3) is 5.91 Å². The van der Waals surface area contributed by atoms with Crippen molar-refractivity contribution in [2.75, 3.05) is 18.4 Å². The number of hydrogen-bond donors (Lipinski definition) is 1. The molecule has 3 heterocycles. The van der Waals surface area contributed by atoms with E-state index in [0.29, 0.717) is 21.9 Å². The molecule has 1 aromatic carbocycles. The van der Waals surface area contributed by atoms with Gasteiger partial charge in [0, 0.05) is 30.4 Å². The fourth-order valence-electron chi connectivity index (χ4n) is 3.42. The summed E-state index contributed by atoms with van der Waals surface area (Å²) in [6.45, 7) is 5.49. The van der Waals surface area contributed by atoms with Gasteiger partial charge in [-0.25, -0.2) is 9.97 Å². The van der Waals surface area contributed by atoms with Crippen LogP contribution in [0.2, 0.25) is 5.02 Å². The second-order valence-electron chi connectivity index (χ2n) is 6.98. The molecular weight excluding hydrogens is 395 g/mol. The summed E-state index contributed by atoms with van der Waals surface area (Å²) < 4.78 is 0. The number of carbonyl (C=O) groups excluding carboxylic acids is 1. The molecule has 146 valence electrons. The maximum Gasteiger partial charge on any atom is 0.257 e. The molecule has 4 rings (SSSR count). The largest absolute Gasteiger partial charge is 0.353 e. The van der Waals surface area contributed by atoms with Crippen molar-refractivity contribution in [3.05, 3.63) is 58.4 Å². The molecule has 1 fully saturated rings. The summed E-state index contributed by atoms with van der Waals surface area (Å²) in [5.41, 5.74) is 4.58. The van der Waals surface area contributed by atoms with Gasteiger partial charge >= 0.3 is 0 Å². The van der Waals surface area contributed by atoms with Crippen molar-refractivity contribution in [3.8, 4) is 0 Å². The highest BCUT2D eigenvalue weighted by Crippen LogP contribution is 2.33. The highest BCUT2D eigenvalue weighted by Gasteiger charge is 2.24. The van der Waals surface area contributed by atoms with E-state index in [1.165, 1.54) is 0 Å². The molecule has 0 spiro atoms. The number of carbonyl (C=O) groups is 1. The number of rotatable bonds is 3. The number of halogens is 2. The molecule has 1 saturated heterocycles. The number of aromatic nitrogens is 2. The Kier molecular flexibility index (Phi) is 6.06. The fraction of sp³-hybridized carbons (Fsp3) is 0.286. The first-order chi connectivity index (χ1) is 13.0. The number of fused-ring (bicyclic) bond motifs is 1. The summed E-state index contributed by atoms with van der Waals surface area (Å²) >= 11 is 6.43. The van der Waals surface area contributed by atoms with Crippen molar-refractivity contribution in [2.45, 2.75) is 26.7 Å². The number of hydrogen-bond acceptors (Lipinski definition) is 4. The minimum Gasteiger partial charge on any atom is -0.353 e. The van der Waals surface area contributed by atoms with Gasteiger partial charge in [0.2, 0.25) is 0 Å². The Morgan fingerprint density at radius 3 is 2.61 bits per heavy atom. The highest BCUT2D eigenvalue weighted by atomic mass is 35.5. The summed E-state index contributed by atoms with van der Waals surface area (Å²) in [5.74, 6) is -0.00629. The molecule has 2 aromatic heterocycles. The third-order valence-corrected chi connectivity index (χ3v) is 5.19. The number of anilines is 2. The molecule has 0 aliphatic carbocycles. The number of pyridine rings is 2. The van der Waals surface area contributed by atoms with Crippen LogP contribution in [-0.4, -0.2) is 33.9 Å². The standard InChI is InChI=1S/C21H21ClN4O.ClH/c1-13-5-8-18(17(22)11-13)25-19-15-7-6-14(2)24-20(15)23-12-16(19)21(27)26-9-3-4-10-26;/h5-8,11-12H,3-4,9-10H2,1-2H3,(H,23,24,25);1H. The molecule has 0 atom stereocenters. The molecule has 5 nitrogen and oxygen atoms in total. The number of nitrogens with one attached hydrogen (secondary N) is 1. The third-order valence-electron chi connectivity index (χ3n) is 4.88. The van der Waals surface area contributed by atoms with Crippen LogP contribution in [0.3, 0.4) is 0 Å². The van der Waals surface area contributed by atoms with Crippen LogP contribution in [-0.2, 0) is 0 Å².